The molecule has 2 aromatic rings. The molecule has 6 nitrogen and oxygen atoms in total. The number of hydrogen-bond acceptors (Lipinski definition) is 4. The van der Waals surface area contributed by atoms with Gasteiger partial charge in [-0.05, 0) is 19.2 Å². The van der Waals surface area contributed by atoms with E-state index in [4.69, 9.17) is 0 Å². The normalized spacial score (nSPS) is 19.0. The summed E-state index contributed by atoms with van der Waals surface area (Å²) >= 11 is 0. The molecule has 0 unspecified atom stereocenters. The van der Waals surface area contributed by atoms with Crippen LogP contribution in [0.2, 0.25) is 0 Å². The fraction of sp³-hybridized carbons (Fsp3) is 0.316. The molecule has 0 aromatic heterocycles. The molecule has 1 fully saturated rings. The molecule has 7 heteroatoms. The lowest BCUT2D eigenvalue weighted by Gasteiger charge is -2.36. The number of sulfonamides is 1. The zero-order valence-electron chi connectivity index (χ0n) is 14.6. The fourth-order valence-corrected chi connectivity index (χ4v) is 5.17. The van der Waals surface area contributed by atoms with Gasteiger partial charge in [-0.2, -0.15) is 0 Å². The van der Waals surface area contributed by atoms with Gasteiger partial charge in [0.15, 0.2) is 0 Å². The van der Waals surface area contributed by atoms with Gasteiger partial charge in [0.25, 0.3) is 10.0 Å². The summed E-state index contributed by atoms with van der Waals surface area (Å²) in [5.41, 5.74) is 2.09. The molecule has 0 spiro atoms. The number of nitrogens with zero attached hydrogens (tertiary/aromatic N) is 3. The lowest BCUT2D eigenvalue weighted by Crippen LogP contribution is -2.51. The Bertz CT molecular complexity index is 950. The summed E-state index contributed by atoms with van der Waals surface area (Å²) < 4.78 is 27.6. The second-order valence-electron chi connectivity index (χ2n) is 6.71. The Kier molecular flexibility index (Phi) is 4.20. The van der Waals surface area contributed by atoms with Gasteiger partial charge in [0.2, 0.25) is 5.91 Å². The van der Waals surface area contributed by atoms with Crippen molar-refractivity contribution in [3.8, 4) is 11.1 Å². The number of amides is 1. The molecular weight excluding hydrogens is 350 g/mol. The highest BCUT2D eigenvalue weighted by Gasteiger charge is 2.36. The zero-order valence-corrected chi connectivity index (χ0v) is 15.4. The lowest BCUT2D eigenvalue weighted by atomic mass is 10.0. The molecule has 0 saturated carbocycles. The van der Waals surface area contributed by atoms with Gasteiger partial charge in [0.1, 0.15) is 6.54 Å². The van der Waals surface area contributed by atoms with Crippen molar-refractivity contribution in [2.45, 2.75) is 4.90 Å². The van der Waals surface area contributed by atoms with E-state index in [0.29, 0.717) is 24.3 Å². The highest BCUT2D eigenvalue weighted by molar-refractivity contribution is 7.93. The maximum atomic E-state index is 13.2. The van der Waals surface area contributed by atoms with Gasteiger partial charge in [-0.15, -0.1) is 0 Å². The molecule has 1 amide bonds. The molecule has 2 aliphatic rings. The first-order valence-corrected chi connectivity index (χ1v) is 10.1. The van der Waals surface area contributed by atoms with E-state index in [1.54, 1.807) is 29.2 Å². The molecule has 0 atom stereocenters. The molecule has 2 aliphatic heterocycles. The summed E-state index contributed by atoms with van der Waals surface area (Å²) in [5.74, 6) is -0.157. The number of benzene rings is 2. The summed E-state index contributed by atoms with van der Waals surface area (Å²) in [6.45, 7) is 2.69. The maximum absolute atomic E-state index is 13.2. The van der Waals surface area contributed by atoms with E-state index >= 15 is 0 Å². The number of piperazine rings is 1. The van der Waals surface area contributed by atoms with E-state index in [1.165, 1.54) is 4.31 Å². The van der Waals surface area contributed by atoms with Crippen molar-refractivity contribution in [1.82, 2.24) is 9.80 Å². The van der Waals surface area contributed by atoms with Crippen LogP contribution < -0.4 is 4.31 Å². The van der Waals surface area contributed by atoms with Crippen LogP contribution in [-0.2, 0) is 14.8 Å². The van der Waals surface area contributed by atoms with E-state index in [0.717, 1.165) is 18.7 Å². The highest BCUT2D eigenvalue weighted by Crippen LogP contribution is 2.42. The first kappa shape index (κ1) is 17.1. The predicted octanol–water partition coefficient (Wildman–Crippen LogP) is 1.64. The van der Waals surface area contributed by atoms with Crippen molar-refractivity contribution in [3.63, 3.8) is 0 Å². The molecule has 0 bridgehead atoms. The molecular formula is C19H21N3O3S. The summed E-state index contributed by atoms with van der Waals surface area (Å²) in [6, 6.07) is 14.3. The number of carbonyl (C=O) groups is 1. The van der Waals surface area contributed by atoms with Crippen LogP contribution in [0.25, 0.3) is 11.1 Å². The minimum Gasteiger partial charge on any atom is -0.339 e. The smallest absolute Gasteiger partial charge is 0.265 e. The number of carbonyl (C=O) groups excluding carboxylic acids is 1. The third-order valence-corrected chi connectivity index (χ3v) is 6.87. The SMILES string of the molecule is CN1CCN(C(=O)CN2c3ccccc3-c3ccccc3S2(=O)=O)CC1. The van der Waals surface area contributed by atoms with Crippen LogP contribution in [0.15, 0.2) is 53.4 Å². The number of anilines is 1. The quantitative estimate of drug-likeness (QED) is 0.805. The highest BCUT2D eigenvalue weighted by atomic mass is 32.2. The van der Waals surface area contributed by atoms with Crippen molar-refractivity contribution in [2.24, 2.45) is 0 Å². The molecule has 0 radical (unpaired) electrons. The van der Waals surface area contributed by atoms with Crippen LogP contribution in [-0.4, -0.2) is 63.9 Å². The molecule has 2 aromatic carbocycles. The summed E-state index contributed by atoms with van der Waals surface area (Å²) in [7, 11) is -1.75. The van der Waals surface area contributed by atoms with Crippen LogP contribution in [0.3, 0.4) is 0 Å². The zero-order chi connectivity index (χ0) is 18.3. The third kappa shape index (κ3) is 2.77. The van der Waals surface area contributed by atoms with Crippen molar-refractivity contribution < 1.29 is 13.2 Å². The Labute approximate surface area is 153 Å². The van der Waals surface area contributed by atoms with Crippen LogP contribution in [0.1, 0.15) is 0 Å². The van der Waals surface area contributed by atoms with Crippen molar-refractivity contribution in [3.05, 3.63) is 48.5 Å². The fourth-order valence-electron chi connectivity index (χ4n) is 3.53. The van der Waals surface area contributed by atoms with Gasteiger partial charge < -0.3 is 9.80 Å². The van der Waals surface area contributed by atoms with Gasteiger partial charge >= 0.3 is 0 Å². The monoisotopic (exact) mass is 371 g/mol. The standard InChI is InChI=1S/C19H21N3O3S/c1-20-10-12-21(13-11-20)19(23)14-22-17-8-4-2-6-15(17)16-7-3-5-9-18(16)26(22,24)25/h2-9H,10-14H2,1H3. The predicted molar refractivity (Wildman–Crippen MR) is 100 cm³/mol. The van der Waals surface area contributed by atoms with Crippen molar-refractivity contribution in [2.75, 3.05) is 44.1 Å². The topological polar surface area (TPSA) is 60.9 Å². The Balaban J connectivity index is 1.71. The van der Waals surface area contributed by atoms with E-state index < -0.39 is 10.0 Å². The van der Waals surface area contributed by atoms with Crippen LogP contribution >= 0.6 is 0 Å². The molecule has 1 saturated heterocycles. The summed E-state index contributed by atoms with van der Waals surface area (Å²) in [5, 5.41) is 0. The Morgan fingerprint density at radius 2 is 1.54 bits per heavy atom. The molecule has 26 heavy (non-hydrogen) atoms. The second-order valence-corrected chi connectivity index (χ2v) is 8.54. The van der Waals surface area contributed by atoms with Crippen LogP contribution in [0.4, 0.5) is 5.69 Å². The Morgan fingerprint density at radius 1 is 0.923 bits per heavy atom. The molecule has 0 N–H and O–H groups in total. The molecule has 2 heterocycles. The van der Waals surface area contributed by atoms with Gasteiger partial charge in [0, 0.05) is 37.3 Å². The Morgan fingerprint density at radius 3 is 2.27 bits per heavy atom. The van der Waals surface area contributed by atoms with Crippen LogP contribution in [0.5, 0.6) is 0 Å². The average molecular weight is 371 g/mol. The van der Waals surface area contributed by atoms with Gasteiger partial charge in [-0.1, -0.05) is 36.4 Å². The number of para-hydroxylation sites is 1. The minimum atomic E-state index is -3.77. The maximum Gasteiger partial charge on any atom is 0.265 e. The van der Waals surface area contributed by atoms with E-state index in [2.05, 4.69) is 4.90 Å². The Hall–Kier alpha value is -2.38. The third-order valence-electron chi connectivity index (χ3n) is 5.05. The number of rotatable bonds is 2. The second kappa shape index (κ2) is 6.41. The number of hydrogen-bond donors (Lipinski definition) is 0. The van der Waals surface area contributed by atoms with Gasteiger partial charge in [0.05, 0.1) is 10.6 Å². The first-order chi connectivity index (χ1) is 12.5. The first-order valence-electron chi connectivity index (χ1n) is 8.66. The van der Waals surface area contributed by atoms with E-state index in [9.17, 15) is 13.2 Å². The largest absolute Gasteiger partial charge is 0.339 e. The molecule has 136 valence electrons. The van der Waals surface area contributed by atoms with Crippen molar-refractivity contribution in [1.29, 1.82) is 0 Å². The molecule has 4 rings (SSSR count). The number of fused-ring (bicyclic) bond motifs is 3. The average Bonchev–Trinajstić information content (AvgIpc) is 2.66. The minimum absolute atomic E-state index is 0.157. The number of likely N-dealkylation sites (N-methyl/N-ethyl adjacent to an activating group) is 1. The van der Waals surface area contributed by atoms with Gasteiger partial charge in [-0.25, -0.2) is 8.42 Å². The van der Waals surface area contributed by atoms with Gasteiger partial charge in [-0.3, -0.25) is 9.10 Å². The lowest BCUT2D eigenvalue weighted by molar-refractivity contribution is -0.131. The molecule has 0 aliphatic carbocycles. The van der Waals surface area contributed by atoms with E-state index in [-0.39, 0.29) is 17.3 Å². The summed E-state index contributed by atoms with van der Waals surface area (Å²) in [4.78, 5) is 16.9. The van der Waals surface area contributed by atoms with E-state index in [1.807, 2.05) is 31.3 Å². The summed E-state index contributed by atoms with van der Waals surface area (Å²) in [6.07, 6.45) is 0. The van der Waals surface area contributed by atoms with Crippen molar-refractivity contribution >= 4 is 21.6 Å². The van der Waals surface area contributed by atoms with Crippen LogP contribution in [0, 0.1) is 0 Å².